The number of esters is 1. The molecule has 9 heteroatoms. The van der Waals surface area contributed by atoms with Gasteiger partial charge in [-0.3, -0.25) is 9.59 Å². The van der Waals surface area contributed by atoms with Crippen LogP contribution in [0, 0.1) is 5.92 Å². The molecule has 1 aliphatic carbocycles. The third-order valence-electron chi connectivity index (χ3n) is 5.95. The number of fused-ring (bicyclic) bond motifs is 1. The van der Waals surface area contributed by atoms with Gasteiger partial charge in [-0.25, -0.2) is 10.2 Å². The molecule has 3 aromatic rings. The minimum Gasteiger partial charge on any atom is -0.488 e. The van der Waals surface area contributed by atoms with Crippen molar-refractivity contribution in [3.63, 3.8) is 0 Å². The van der Waals surface area contributed by atoms with Crippen LogP contribution >= 0.6 is 11.3 Å². The van der Waals surface area contributed by atoms with Gasteiger partial charge in [0, 0.05) is 10.4 Å². The van der Waals surface area contributed by atoms with E-state index in [1.165, 1.54) is 17.6 Å². The first-order valence-electron chi connectivity index (χ1n) is 12.2. The summed E-state index contributed by atoms with van der Waals surface area (Å²) in [5.74, 6) is -1.28. The molecule has 4 rings (SSSR count). The van der Waals surface area contributed by atoms with E-state index in [-0.39, 0.29) is 6.61 Å². The lowest BCUT2D eigenvalue weighted by atomic mass is 9.88. The van der Waals surface area contributed by atoms with E-state index in [1.54, 1.807) is 19.1 Å². The summed E-state index contributed by atoms with van der Waals surface area (Å²) in [6, 6.07) is 17.0. The number of ether oxygens (including phenoxy) is 2. The molecule has 0 bridgehead atoms. The van der Waals surface area contributed by atoms with Gasteiger partial charge in [0.1, 0.15) is 17.4 Å². The first-order valence-corrected chi connectivity index (χ1v) is 13.0. The van der Waals surface area contributed by atoms with Crippen LogP contribution in [0.4, 0.5) is 5.00 Å². The fraction of sp³-hybridized carbons (Fsp3) is 0.286. The van der Waals surface area contributed by atoms with Crippen molar-refractivity contribution in [2.45, 2.75) is 39.7 Å². The molecule has 0 fully saturated rings. The molecule has 1 atom stereocenters. The van der Waals surface area contributed by atoms with Gasteiger partial charge in [0.25, 0.3) is 0 Å². The Kier molecular flexibility index (Phi) is 8.68. The standard InChI is InChI=1S/C28H29N3O5S/c1-3-35-28(34)24-21-14-13-18(2)15-23(21)37-27(24)30-25(32)26(33)31-29-16-20-11-7-8-12-22(20)36-17-19-9-5-4-6-10-19/h4-12,16,18H,3,13-15,17H2,1-2H3,(H,30,32)(H,31,33)/b29-16+. The summed E-state index contributed by atoms with van der Waals surface area (Å²) in [7, 11) is 0. The van der Waals surface area contributed by atoms with Gasteiger partial charge in [-0.15, -0.1) is 11.3 Å². The lowest BCUT2D eigenvalue weighted by Gasteiger charge is -2.18. The number of para-hydroxylation sites is 1. The molecule has 0 saturated carbocycles. The van der Waals surface area contributed by atoms with Gasteiger partial charge in [0.2, 0.25) is 0 Å². The normalized spacial score (nSPS) is 14.6. The van der Waals surface area contributed by atoms with Crippen LogP contribution in [-0.2, 0) is 33.8 Å². The van der Waals surface area contributed by atoms with E-state index in [9.17, 15) is 14.4 Å². The number of nitrogens with one attached hydrogen (secondary N) is 2. The number of rotatable bonds is 8. The summed E-state index contributed by atoms with van der Waals surface area (Å²) in [4.78, 5) is 38.8. The van der Waals surface area contributed by atoms with E-state index in [1.807, 2.05) is 42.5 Å². The van der Waals surface area contributed by atoms with Gasteiger partial charge in [-0.05, 0) is 55.4 Å². The molecule has 0 saturated heterocycles. The van der Waals surface area contributed by atoms with Crippen molar-refractivity contribution >= 4 is 40.3 Å². The van der Waals surface area contributed by atoms with Gasteiger partial charge >= 0.3 is 17.8 Å². The molecule has 1 aromatic heterocycles. The third kappa shape index (κ3) is 6.62. The summed E-state index contributed by atoms with van der Waals surface area (Å²) >= 11 is 1.32. The Morgan fingerprint density at radius 3 is 2.62 bits per heavy atom. The van der Waals surface area contributed by atoms with Crippen molar-refractivity contribution in [3.05, 3.63) is 81.7 Å². The van der Waals surface area contributed by atoms with Gasteiger partial charge in [0.05, 0.1) is 18.4 Å². The lowest BCUT2D eigenvalue weighted by Crippen LogP contribution is -2.32. The summed E-state index contributed by atoms with van der Waals surface area (Å²) < 4.78 is 11.1. The molecule has 1 heterocycles. The Bertz CT molecular complexity index is 1300. The lowest BCUT2D eigenvalue weighted by molar-refractivity contribution is -0.136. The predicted molar refractivity (Wildman–Crippen MR) is 143 cm³/mol. The van der Waals surface area contributed by atoms with Crippen LogP contribution in [0.15, 0.2) is 59.7 Å². The van der Waals surface area contributed by atoms with Crippen molar-refractivity contribution in [2.24, 2.45) is 11.0 Å². The zero-order chi connectivity index (χ0) is 26.2. The van der Waals surface area contributed by atoms with Gasteiger partial charge in [0.15, 0.2) is 0 Å². The van der Waals surface area contributed by atoms with E-state index < -0.39 is 17.8 Å². The average molecular weight is 520 g/mol. The Morgan fingerprint density at radius 1 is 1.08 bits per heavy atom. The molecule has 8 nitrogen and oxygen atoms in total. The molecule has 37 heavy (non-hydrogen) atoms. The Balaban J connectivity index is 1.40. The van der Waals surface area contributed by atoms with Crippen molar-refractivity contribution in [2.75, 3.05) is 11.9 Å². The molecule has 2 amide bonds. The second kappa shape index (κ2) is 12.3. The molecule has 2 aromatic carbocycles. The average Bonchev–Trinajstić information content (AvgIpc) is 3.25. The number of anilines is 1. The van der Waals surface area contributed by atoms with Gasteiger partial charge < -0.3 is 14.8 Å². The molecule has 0 spiro atoms. The van der Waals surface area contributed by atoms with Crippen molar-refractivity contribution in [3.8, 4) is 5.75 Å². The largest absolute Gasteiger partial charge is 0.488 e. The van der Waals surface area contributed by atoms with E-state index in [4.69, 9.17) is 9.47 Å². The van der Waals surface area contributed by atoms with Crippen LogP contribution in [0.5, 0.6) is 5.75 Å². The number of nitrogens with zero attached hydrogens (tertiary/aromatic N) is 1. The first-order chi connectivity index (χ1) is 18.0. The molecule has 1 aliphatic rings. The SMILES string of the molecule is CCOC(=O)c1c(NC(=O)C(=O)N/N=C/c2ccccc2OCc2ccccc2)sc2c1CCC(C)C2. The number of thiophene rings is 1. The zero-order valence-electron chi connectivity index (χ0n) is 20.8. The number of hydrogen-bond donors (Lipinski definition) is 2. The smallest absolute Gasteiger partial charge is 0.341 e. The van der Waals surface area contributed by atoms with E-state index in [0.29, 0.717) is 34.4 Å². The quantitative estimate of drug-likeness (QED) is 0.194. The Hall–Kier alpha value is -3.98. The van der Waals surface area contributed by atoms with Crippen molar-refractivity contribution < 1.29 is 23.9 Å². The summed E-state index contributed by atoms with van der Waals surface area (Å²) in [5.41, 5.74) is 5.16. The summed E-state index contributed by atoms with van der Waals surface area (Å²) in [5, 5.41) is 6.85. The van der Waals surface area contributed by atoms with Crippen molar-refractivity contribution in [1.82, 2.24) is 5.43 Å². The van der Waals surface area contributed by atoms with Crippen LogP contribution in [-0.4, -0.2) is 30.6 Å². The minimum absolute atomic E-state index is 0.221. The molecular weight excluding hydrogens is 490 g/mol. The second-order valence-corrected chi connectivity index (χ2v) is 9.85. The maximum absolute atomic E-state index is 12.6. The molecule has 2 N–H and O–H groups in total. The number of benzene rings is 2. The summed E-state index contributed by atoms with van der Waals surface area (Å²) in [6.45, 7) is 4.49. The highest BCUT2D eigenvalue weighted by Crippen LogP contribution is 2.40. The maximum Gasteiger partial charge on any atom is 0.341 e. The molecule has 0 aliphatic heterocycles. The third-order valence-corrected chi connectivity index (χ3v) is 7.12. The molecule has 0 radical (unpaired) electrons. The van der Waals surface area contributed by atoms with Crippen LogP contribution in [0.3, 0.4) is 0 Å². The highest BCUT2D eigenvalue weighted by molar-refractivity contribution is 7.17. The number of amides is 2. The number of carbonyl (C=O) groups excluding carboxylic acids is 3. The monoisotopic (exact) mass is 519 g/mol. The number of hydrogen-bond acceptors (Lipinski definition) is 7. The first kappa shape index (κ1) is 26.1. The topological polar surface area (TPSA) is 106 Å². The van der Waals surface area contributed by atoms with Gasteiger partial charge in [-0.1, -0.05) is 49.4 Å². The highest BCUT2D eigenvalue weighted by Gasteiger charge is 2.30. The van der Waals surface area contributed by atoms with E-state index >= 15 is 0 Å². The summed E-state index contributed by atoms with van der Waals surface area (Å²) in [6.07, 6.45) is 3.93. The van der Waals surface area contributed by atoms with Crippen LogP contribution in [0.1, 0.15) is 52.2 Å². The minimum atomic E-state index is -0.950. The highest BCUT2D eigenvalue weighted by atomic mass is 32.1. The number of hydrazone groups is 1. The molecule has 192 valence electrons. The van der Waals surface area contributed by atoms with Gasteiger partial charge in [-0.2, -0.15) is 5.10 Å². The molecule has 1 unspecified atom stereocenters. The molecular formula is C28H29N3O5S. The zero-order valence-corrected chi connectivity index (χ0v) is 21.6. The fourth-order valence-corrected chi connectivity index (χ4v) is 5.48. The number of carbonyl (C=O) groups is 3. The predicted octanol–water partition coefficient (Wildman–Crippen LogP) is 4.72. The van der Waals surface area contributed by atoms with Crippen molar-refractivity contribution in [1.29, 1.82) is 0 Å². The fourth-order valence-electron chi connectivity index (χ4n) is 4.08. The van der Waals surface area contributed by atoms with E-state index in [0.717, 1.165) is 35.3 Å². The van der Waals surface area contributed by atoms with E-state index in [2.05, 4.69) is 22.8 Å². The Labute approximate surface area is 219 Å². The maximum atomic E-state index is 12.6. The Morgan fingerprint density at radius 2 is 1.84 bits per heavy atom. The second-order valence-electron chi connectivity index (χ2n) is 8.74. The van der Waals surface area contributed by atoms with Crippen LogP contribution in [0.25, 0.3) is 0 Å². The van der Waals surface area contributed by atoms with Crippen LogP contribution in [0.2, 0.25) is 0 Å². The van der Waals surface area contributed by atoms with Crippen LogP contribution < -0.4 is 15.5 Å².